The number of anilines is 2. The van der Waals surface area contributed by atoms with Gasteiger partial charge in [0.05, 0.1) is 28.0 Å². The fourth-order valence-corrected chi connectivity index (χ4v) is 8.77. The Labute approximate surface area is 292 Å². The first kappa shape index (κ1) is 34.4. The Morgan fingerprint density at radius 3 is 2.46 bits per heavy atom. The van der Waals surface area contributed by atoms with Gasteiger partial charge in [0.25, 0.3) is 10.0 Å². The fourth-order valence-electron chi connectivity index (χ4n) is 5.89. The molecule has 1 spiro atoms. The van der Waals surface area contributed by atoms with E-state index in [4.69, 9.17) is 16.6 Å². The summed E-state index contributed by atoms with van der Waals surface area (Å²) in [5.41, 5.74) is 2.11. The molecule has 2 atom stereocenters. The maximum absolute atomic E-state index is 13.2. The number of amides is 2. The minimum Gasteiger partial charge on any atom is -0.598 e. The van der Waals surface area contributed by atoms with Crippen LogP contribution >= 0.6 is 23.4 Å². The first-order valence-corrected chi connectivity index (χ1v) is 19.1. The lowest BCUT2D eigenvalue weighted by atomic mass is 9.73. The van der Waals surface area contributed by atoms with E-state index in [1.807, 2.05) is 37.8 Å². The normalized spacial score (nSPS) is 17.9. The summed E-state index contributed by atoms with van der Waals surface area (Å²) in [6.45, 7) is 7.45. The van der Waals surface area contributed by atoms with Crippen LogP contribution in [0.2, 0.25) is 5.02 Å². The molecule has 2 aliphatic rings. The number of benzene rings is 1. The molecule has 0 unspecified atom stereocenters. The van der Waals surface area contributed by atoms with Crippen molar-refractivity contribution >= 4 is 62.4 Å². The summed E-state index contributed by atoms with van der Waals surface area (Å²) in [5, 5.41) is 3.11. The van der Waals surface area contributed by atoms with E-state index in [0.29, 0.717) is 9.92 Å². The van der Waals surface area contributed by atoms with Gasteiger partial charge in [-0.2, -0.15) is 0 Å². The highest BCUT2D eigenvalue weighted by atomic mass is 35.5. The summed E-state index contributed by atoms with van der Waals surface area (Å²) in [6, 6.07) is 12.2. The number of urea groups is 1. The minimum atomic E-state index is -4.08. The SMILES string of the molecule is CC(C)(C)[S@@+]([O-])N[C@@H]1c2ncccc2CC12CCN(c1cnc(Sc3ccnc(NC(=O)NS(=O)(=O)c4ccccc4)c3Cl)cn1)CC2. The molecular weight excluding hydrogens is 692 g/mol. The van der Waals surface area contributed by atoms with E-state index in [0.717, 1.165) is 43.9 Å². The first-order valence-electron chi connectivity index (χ1n) is 15.2. The van der Waals surface area contributed by atoms with Gasteiger partial charge in [0.2, 0.25) is 0 Å². The highest BCUT2D eigenvalue weighted by molar-refractivity contribution is 7.99. The van der Waals surface area contributed by atoms with Gasteiger partial charge in [0.15, 0.2) is 5.82 Å². The van der Waals surface area contributed by atoms with Gasteiger partial charge in [-0.15, -0.1) is 4.72 Å². The molecule has 3 N–H and O–H groups in total. The third kappa shape index (κ3) is 7.40. The minimum absolute atomic E-state index is 0.00218. The van der Waals surface area contributed by atoms with Crippen LogP contribution in [0.3, 0.4) is 0 Å². The second kappa shape index (κ2) is 13.8. The third-order valence-electron chi connectivity index (χ3n) is 8.41. The van der Waals surface area contributed by atoms with Crippen LogP contribution in [0.5, 0.6) is 0 Å². The van der Waals surface area contributed by atoms with Gasteiger partial charge in [-0.25, -0.2) is 32.9 Å². The van der Waals surface area contributed by atoms with Crippen molar-refractivity contribution in [3.05, 3.63) is 89.6 Å². The van der Waals surface area contributed by atoms with E-state index < -0.39 is 32.2 Å². The Morgan fingerprint density at radius 1 is 1.02 bits per heavy atom. The zero-order valence-electron chi connectivity index (χ0n) is 26.5. The molecule has 3 aromatic heterocycles. The van der Waals surface area contributed by atoms with Crippen LogP contribution in [-0.4, -0.2) is 56.8 Å². The van der Waals surface area contributed by atoms with E-state index >= 15 is 0 Å². The van der Waals surface area contributed by atoms with Gasteiger partial charge in [-0.3, -0.25) is 10.3 Å². The Bertz CT molecular complexity index is 1890. The van der Waals surface area contributed by atoms with Crippen LogP contribution in [0.25, 0.3) is 0 Å². The summed E-state index contributed by atoms with van der Waals surface area (Å²) in [4.78, 5) is 33.3. The van der Waals surface area contributed by atoms with Crippen molar-refractivity contribution in [2.45, 2.75) is 65.6 Å². The molecule has 252 valence electrons. The zero-order chi connectivity index (χ0) is 34.1. The Hall–Kier alpha value is -3.47. The molecule has 2 amide bonds. The molecule has 0 saturated carbocycles. The third-order valence-corrected chi connectivity index (χ3v) is 12.8. The lowest BCUT2D eigenvalue weighted by Crippen LogP contribution is -2.50. The lowest BCUT2D eigenvalue weighted by molar-refractivity contribution is 0.174. The molecule has 1 aliphatic heterocycles. The molecule has 4 aromatic rings. The quantitative estimate of drug-likeness (QED) is 0.196. The van der Waals surface area contributed by atoms with Gasteiger partial charge in [-0.05, 0) is 69.9 Å². The Balaban J connectivity index is 1.09. The number of sulfonamides is 1. The van der Waals surface area contributed by atoms with Crippen molar-refractivity contribution in [2.75, 3.05) is 23.3 Å². The molecule has 12 nitrogen and oxygen atoms in total. The molecule has 1 aliphatic carbocycles. The van der Waals surface area contributed by atoms with Crippen LogP contribution < -0.4 is 19.7 Å². The number of hydrogen-bond acceptors (Lipinski definition) is 11. The van der Waals surface area contributed by atoms with Gasteiger partial charge in [-0.1, -0.05) is 47.6 Å². The molecule has 6 rings (SSSR count). The maximum atomic E-state index is 13.2. The number of carbonyl (C=O) groups is 1. The van der Waals surface area contributed by atoms with Gasteiger partial charge >= 0.3 is 6.03 Å². The molecule has 0 bridgehead atoms. The summed E-state index contributed by atoms with van der Waals surface area (Å²) >= 11 is 6.55. The molecule has 1 aromatic carbocycles. The zero-order valence-corrected chi connectivity index (χ0v) is 29.7. The van der Waals surface area contributed by atoms with Crippen molar-refractivity contribution in [3.8, 4) is 0 Å². The molecular formula is C32H35ClN8O4S3. The number of nitrogens with one attached hydrogen (secondary N) is 3. The average Bonchev–Trinajstić information content (AvgIpc) is 3.35. The summed E-state index contributed by atoms with van der Waals surface area (Å²) < 4.78 is 43.2. The molecule has 16 heteroatoms. The van der Waals surface area contributed by atoms with E-state index in [-0.39, 0.29) is 27.2 Å². The molecule has 48 heavy (non-hydrogen) atoms. The van der Waals surface area contributed by atoms with Crippen LogP contribution in [0.15, 0.2) is 88.1 Å². The fraction of sp³-hybridized carbons (Fsp3) is 0.344. The monoisotopic (exact) mass is 726 g/mol. The second-order valence-electron chi connectivity index (χ2n) is 12.7. The summed E-state index contributed by atoms with van der Waals surface area (Å²) in [7, 11) is -4.08. The summed E-state index contributed by atoms with van der Waals surface area (Å²) in [5.74, 6) is 0.753. The predicted molar refractivity (Wildman–Crippen MR) is 187 cm³/mol. The van der Waals surface area contributed by atoms with Crippen molar-refractivity contribution in [2.24, 2.45) is 5.41 Å². The van der Waals surface area contributed by atoms with E-state index in [1.165, 1.54) is 35.7 Å². The first-order chi connectivity index (χ1) is 22.8. The number of pyridine rings is 2. The highest BCUT2D eigenvalue weighted by Gasteiger charge is 2.51. The second-order valence-corrected chi connectivity index (χ2v) is 17.8. The maximum Gasteiger partial charge on any atom is 0.334 e. The molecule has 0 radical (unpaired) electrons. The molecule has 1 saturated heterocycles. The average molecular weight is 727 g/mol. The van der Waals surface area contributed by atoms with Crippen LogP contribution in [0.4, 0.5) is 16.4 Å². The smallest absolute Gasteiger partial charge is 0.334 e. The largest absolute Gasteiger partial charge is 0.598 e. The number of aromatic nitrogens is 4. The number of nitrogens with zero attached hydrogens (tertiary/aromatic N) is 5. The van der Waals surface area contributed by atoms with Gasteiger partial charge in [0, 0.05) is 47.2 Å². The standard InChI is InChI=1S/C32H35ClN8O4S3/c1-31(2,3)47(43)39-28-27-21(8-7-14-34-27)18-32(28)12-16-41(17-13-32)24-19-37-25(20-36-24)46-23-11-15-35-29(26(23)33)38-30(42)40-48(44,45)22-9-5-4-6-10-22/h4-11,14-15,19-20,28,39H,12-13,16-18H2,1-3H3,(H2,35,38,40,42)/t28-,47-/m1/s1. The predicted octanol–water partition coefficient (Wildman–Crippen LogP) is 5.52. The Kier molecular flexibility index (Phi) is 9.89. The van der Waals surface area contributed by atoms with Crippen molar-refractivity contribution in [1.29, 1.82) is 0 Å². The van der Waals surface area contributed by atoms with Crippen molar-refractivity contribution < 1.29 is 17.8 Å². The topological polar surface area (TPSA) is 165 Å². The molecule has 1 fully saturated rings. The van der Waals surface area contributed by atoms with Crippen LogP contribution in [0.1, 0.15) is 50.9 Å². The lowest BCUT2D eigenvalue weighted by Gasteiger charge is -2.43. The summed E-state index contributed by atoms with van der Waals surface area (Å²) in [6.07, 6.45) is 9.30. The number of rotatable bonds is 8. The van der Waals surface area contributed by atoms with Crippen LogP contribution in [-0.2, 0) is 27.8 Å². The van der Waals surface area contributed by atoms with E-state index in [2.05, 4.69) is 36.0 Å². The Morgan fingerprint density at radius 2 is 1.77 bits per heavy atom. The number of hydrogen-bond donors (Lipinski definition) is 3. The van der Waals surface area contributed by atoms with Crippen LogP contribution in [0, 0.1) is 5.41 Å². The van der Waals surface area contributed by atoms with Gasteiger partial charge in [0.1, 0.15) is 21.6 Å². The van der Waals surface area contributed by atoms with Crippen molar-refractivity contribution in [3.63, 3.8) is 0 Å². The van der Waals surface area contributed by atoms with E-state index in [9.17, 15) is 17.8 Å². The van der Waals surface area contributed by atoms with E-state index in [1.54, 1.807) is 36.7 Å². The number of fused-ring (bicyclic) bond motifs is 1. The molecule has 4 heterocycles. The number of piperidine rings is 1. The van der Waals surface area contributed by atoms with Crippen molar-refractivity contribution in [1.82, 2.24) is 29.4 Å². The number of halogens is 1. The highest BCUT2D eigenvalue weighted by Crippen LogP contribution is 2.52. The van der Waals surface area contributed by atoms with Gasteiger partial charge < -0.3 is 9.45 Å². The number of carbonyl (C=O) groups excluding carboxylic acids is 1.